The number of hydrogen-bond acceptors (Lipinski definition) is 3. The van der Waals surface area contributed by atoms with Crippen LogP contribution in [0.4, 0.5) is 0 Å². The van der Waals surface area contributed by atoms with Crippen molar-refractivity contribution in [1.29, 1.82) is 0 Å². The lowest BCUT2D eigenvalue weighted by Crippen LogP contribution is -2.34. The molecule has 1 unspecified atom stereocenters. The molecule has 1 rings (SSSR count). The Hall–Kier alpha value is -1.44. The van der Waals surface area contributed by atoms with Gasteiger partial charge in [-0.2, -0.15) is 13.1 Å². The van der Waals surface area contributed by atoms with Gasteiger partial charge in [-0.25, -0.2) is 5.14 Å². The zero-order valence-electron chi connectivity index (χ0n) is 9.04. The lowest BCUT2D eigenvalue weighted by Gasteiger charge is -2.16. The highest BCUT2D eigenvalue weighted by atomic mass is 32.2. The molecule has 7 heteroatoms. The van der Waals surface area contributed by atoms with Crippen LogP contribution < -0.4 is 9.86 Å². The first kappa shape index (κ1) is 13.6. The van der Waals surface area contributed by atoms with Crippen LogP contribution in [0, 0.1) is 0 Å². The molecule has 0 spiro atoms. The lowest BCUT2D eigenvalue weighted by molar-refractivity contribution is -0.137. The summed E-state index contributed by atoms with van der Waals surface area (Å²) in [5.74, 6) is -0.984. The molecule has 0 heterocycles. The maximum absolute atomic E-state index is 11.0. The van der Waals surface area contributed by atoms with Crippen molar-refractivity contribution < 1.29 is 18.3 Å². The van der Waals surface area contributed by atoms with Crippen LogP contribution >= 0.6 is 0 Å². The van der Waals surface area contributed by atoms with Crippen LogP contribution in [0.2, 0.25) is 0 Å². The van der Waals surface area contributed by atoms with Gasteiger partial charge in [0, 0.05) is 12.5 Å². The number of nitrogens with two attached hydrogens (primary N) is 1. The maximum atomic E-state index is 11.0. The normalized spacial score (nSPS) is 13.2. The molecule has 0 amide bonds. The molecular weight excluding hydrogens is 244 g/mol. The summed E-state index contributed by atoms with van der Waals surface area (Å²) in [6.45, 7) is 0. The quantitative estimate of drug-likeness (QED) is 0.685. The summed E-state index contributed by atoms with van der Waals surface area (Å²) in [4.78, 5) is 10.5. The molecule has 0 aliphatic rings. The van der Waals surface area contributed by atoms with E-state index in [1.165, 1.54) is 0 Å². The predicted molar refractivity (Wildman–Crippen MR) is 62.3 cm³/mol. The van der Waals surface area contributed by atoms with E-state index in [4.69, 9.17) is 10.2 Å². The lowest BCUT2D eigenvalue weighted by atomic mass is 10.0. The molecule has 1 aromatic carbocycles. The highest BCUT2D eigenvalue weighted by molar-refractivity contribution is 7.87. The molecular formula is C10H14N2O4S. The van der Waals surface area contributed by atoms with Crippen molar-refractivity contribution in [2.24, 2.45) is 5.14 Å². The van der Waals surface area contributed by atoms with Crippen LogP contribution in [0.3, 0.4) is 0 Å². The molecule has 0 aliphatic heterocycles. The fraction of sp³-hybridized carbons (Fsp3) is 0.300. The maximum Gasteiger partial charge on any atom is 0.303 e. The second kappa shape index (κ2) is 5.76. The molecule has 0 aliphatic carbocycles. The van der Waals surface area contributed by atoms with Gasteiger partial charge in [-0.3, -0.25) is 4.79 Å². The van der Waals surface area contributed by atoms with Crippen molar-refractivity contribution in [2.75, 3.05) is 0 Å². The largest absolute Gasteiger partial charge is 0.481 e. The van der Waals surface area contributed by atoms with E-state index in [1.807, 2.05) is 0 Å². The predicted octanol–water partition coefficient (Wildman–Crippen LogP) is 0.386. The van der Waals surface area contributed by atoms with Crippen molar-refractivity contribution in [2.45, 2.75) is 18.9 Å². The molecule has 0 bridgehead atoms. The van der Waals surface area contributed by atoms with E-state index < -0.39 is 22.2 Å². The summed E-state index contributed by atoms with van der Waals surface area (Å²) in [5, 5.41) is 13.5. The minimum atomic E-state index is -3.86. The van der Waals surface area contributed by atoms with Crippen molar-refractivity contribution in [3.05, 3.63) is 35.9 Å². The van der Waals surface area contributed by atoms with Gasteiger partial charge in [0.2, 0.25) is 0 Å². The Morgan fingerprint density at radius 2 is 1.94 bits per heavy atom. The first-order valence-corrected chi connectivity index (χ1v) is 6.50. The molecule has 0 fully saturated rings. The number of carbonyl (C=O) groups is 1. The third kappa shape index (κ3) is 5.43. The Bertz CT molecular complexity index is 472. The fourth-order valence-electron chi connectivity index (χ4n) is 1.45. The number of carboxylic acid groups (broad SMARTS) is 1. The Morgan fingerprint density at radius 3 is 2.41 bits per heavy atom. The molecule has 0 aromatic heterocycles. The first-order chi connectivity index (χ1) is 7.88. The monoisotopic (exact) mass is 258 g/mol. The standard InChI is InChI=1S/C10H14N2O4S/c11-17(15,16)12-9(6-7-10(13)14)8-4-2-1-3-5-8/h1-5,9,12H,6-7H2,(H,13,14)(H2,11,15,16). The van der Waals surface area contributed by atoms with Gasteiger partial charge in [-0.05, 0) is 12.0 Å². The zero-order chi connectivity index (χ0) is 12.9. The Kier molecular flexibility index (Phi) is 4.62. The Morgan fingerprint density at radius 1 is 1.35 bits per heavy atom. The van der Waals surface area contributed by atoms with E-state index in [0.717, 1.165) is 0 Å². The van der Waals surface area contributed by atoms with Gasteiger partial charge in [0.25, 0.3) is 10.2 Å². The molecule has 4 N–H and O–H groups in total. The Balaban J connectivity index is 2.83. The number of hydrogen-bond donors (Lipinski definition) is 3. The second-order valence-corrected chi connectivity index (χ2v) is 4.88. The first-order valence-electron chi connectivity index (χ1n) is 4.95. The van der Waals surface area contributed by atoms with Gasteiger partial charge in [-0.1, -0.05) is 30.3 Å². The molecule has 1 atom stereocenters. The SMILES string of the molecule is NS(=O)(=O)NC(CCC(=O)O)c1ccccc1. The average Bonchev–Trinajstić information content (AvgIpc) is 2.24. The number of carboxylic acids is 1. The molecule has 1 aromatic rings. The van der Waals surface area contributed by atoms with Gasteiger partial charge in [0.1, 0.15) is 0 Å². The zero-order valence-corrected chi connectivity index (χ0v) is 9.85. The van der Waals surface area contributed by atoms with E-state index in [2.05, 4.69) is 4.72 Å². The second-order valence-electron chi connectivity index (χ2n) is 3.56. The summed E-state index contributed by atoms with van der Waals surface area (Å²) in [7, 11) is -3.86. The van der Waals surface area contributed by atoms with Gasteiger partial charge < -0.3 is 5.11 Å². The highest BCUT2D eigenvalue weighted by Crippen LogP contribution is 2.18. The third-order valence-corrected chi connectivity index (χ3v) is 2.77. The summed E-state index contributed by atoms with van der Waals surface area (Å²) in [5.41, 5.74) is 0.683. The van der Waals surface area contributed by atoms with Crippen LogP contribution in [0.15, 0.2) is 30.3 Å². The highest BCUT2D eigenvalue weighted by Gasteiger charge is 2.17. The summed E-state index contributed by atoms with van der Waals surface area (Å²) >= 11 is 0. The number of benzene rings is 1. The molecule has 0 saturated carbocycles. The number of rotatable bonds is 6. The van der Waals surface area contributed by atoms with Crippen LogP contribution in [0.5, 0.6) is 0 Å². The number of aliphatic carboxylic acids is 1. The average molecular weight is 258 g/mol. The molecule has 6 nitrogen and oxygen atoms in total. The van der Waals surface area contributed by atoms with E-state index >= 15 is 0 Å². The minimum absolute atomic E-state index is 0.137. The fourth-order valence-corrected chi connectivity index (χ4v) is 2.10. The van der Waals surface area contributed by atoms with Gasteiger partial charge in [0.05, 0.1) is 0 Å². The van der Waals surface area contributed by atoms with Crippen molar-refractivity contribution in [1.82, 2.24) is 4.72 Å². The van der Waals surface area contributed by atoms with Gasteiger partial charge >= 0.3 is 5.97 Å². The molecule has 17 heavy (non-hydrogen) atoms. The van der Waals surface area contributed by atoms with Crippen LogP contribution in [-0.2, 0) is 15.0 Å². The molecule has 0 saturated heterocycles. The van der Waals surface area contributed by atoms with E-state index in [0.29, 0.717) is 5.56 Å². The summed E-state index contributed by atoms with van der Waals surface area (Å²) in [6, 6.07) is 8.08. The Labute approximate surface area is 99.6 Å². The van der Waals surface area contributed by atoms with Crippen molar-refractivity contribution in [3.63, 3.8) is 0 Å². The minimum Gasteiger partial charge on any atom is -0.481 e. The summed E-state index contributed by atoms with van der Waals surface area (Å²) < 4.78 is 24.2. The van der Waals surface area contributed by atoms with Crippen LogP contribution in [0.1, 0.15) is 24.4 Å². The van der Waals surface area contributed by atoms with Crippen molar-refractivity contribution >= 4 is 16.2 Å². The van der Waals surface area contributed by atoms with E-state index in [9.17, 15) is 13.2 Å². The van der Waals surface area contributed by atoms with E-state index in [1.54, 1.807) is 30.3 Å². The van der Waals surface area contributed by atoms with E-state index in [-0.39, 0.29) is 12.8 Å². The molecule has 94 valence electrons. The number of nitrogens with one attached hydrogen (secondary N) is 1. The van der Waals surface area contributed by atoms with Crippen LogP contribution in [0.25, 0.3) is 0 Å². The third-order valence-electron chi connectivity index (χ3n) is 2.16. The van der Waals surface area contributed by atoms with Crippen LogP contribution in [-0.4, -0.2) is 19.5 Å². The topological polar surface area (TPSA) is 109 Å². The summed E-state index contributed by atoms with van der Waals surface area (Å²) in [6.07, 6.45) is 0.0118. The smallest absolute Gasteiger partial charge is 0.303 e. The van der Waals surface area contributed by atoms with Gasteiger partial charge in [0.15, 0.2) is 0 Å². The van der Waals surface area contributed by atoms with Crippen molar-refractivity contribution in [3.8, 4) is 0 Å². The van der Waals surface area contributed by atoms with Gasteiger partial charge in [-0.15, -0.1) is 0 Å². The molecule has 0 radical (unpaired) electrons.